The molecule has 7 heteroatoms. The van der Waals surface area contributed by atoms with Gasteiger partial charge in [0.25, 0.3) is 0 Å². The van der Waals surface area contributed by atoms with Crippen molar-refractivity contribution < 1.29 is 4.74 Å². The number of nitrogens with one attached hydrogen (secondary N) is 3. The molecule has 134 valence electrons. The minimum absolute atomic E-state index is 0.0572. The summed E-state index contributed by atoms with van der Waals surface area (Å²) in [5, 5.41) is 14.1. The molecule has 0 aliphatic rings. The van der Waals surface area contributed by atoms with E-state index in [1.807, 2.05) is 6.07 Å². The van der Waals surface area contributed by atoms with E-state index in [9.17, 15) is 0 Å². The molecular formula is C18H25N5OS. The number of hydrogen-bond acceptors (Lipinski definition) is 6. The summed E-state index contributed by atoms with van der Waals surface area (Å²) in [7, 11) is 1.72. The Labute approximate surface area is 152 Å². The molecule has 0 fully saturated rings. The van der Waals surface area contributed by atoms with Crippen molar-refractivity contribution in [3.05, 3.63) is 24.4 Å². The van der Waals surface area contributed by atoms with Crippen molar-refractivity contribution >= 4 is 33.1 Å². The lowest BCUT2D eigenvalue weighted by atomic mass is 10.1. The van der Waals surface area contributed by atoms with Crippen molar-refractivity contribution in [3.63, 3.8) is 0 Å². The Kier molecular flexibility index (Phi) is 4.96. The predicted molar refractivity (Wildman–Crippen MR) is 106 cm³/mol. The van der Waals surface area contributed by atoms with Crippen LogP contribution in [0.3, 0.4) is 0 Å². The van der Waals surface area contributed by atoms with Crippen molar-refractivity contribution in [3.8, 4) is 10.6 Å². The Morgan fingerprint density at radius 1 is 1.32 bits per heavy atom. The number of anilines is 2. The second-order valence-corrected chi connectivity index (χ2v) is 8.28. The molecule has 0 aliphatic carbocycles. The van der Waals surface area contributed by atoms with Crippen LogP contribution in [0.4, 0.5) is 11.5 Å². The van der Waals surface area contributed by atoms with E-state index in [1.54, 1.807) is 24.6 Å². The molecule has 3 aromatic rings. The first-order valence-electron chi connectivity index (χ1n) is 8.34. The zero-order valence-corrected chi connectivity index (χ0v) is 16.1. The molecule has 3 rings (SSSR count). The predicted octanol–water partition coefficient (Wildman–Crippen LogP) is 4.34. The normalized spacial score (nSPS) is 13.2. The molecule has 6 nitrogen and oxygen atoms in total. The molecule has 3 heterocycles. The quantitative estimate of drug-likeness (QED) is 0.610. The maximum absolute atomic E-state index is 5.26. The molecule has 3 aromatic heterocycles. The number of nitrogens with zero attached hydrogens (tertiary/aromatic N) is 2. The van der Waals surface area contributed by atoms with Crippen molar-refractivity contribution in [1.29, 1.82) is 0 Å². The summed E-state index contributed by atoms with van der Waals surface area (Å²) in [6.45, 7) is 9.14. The highest BCUT2D eigenvalue weighted by Crippen LogP contribution is 2.37. The van der Waals surface area contributed by atoms with Gasteiger partial charge in [0.1, 0.15) is 5.82 Å². The van der Waals surface area contributed by atoms with Crippen molar-refractivity contribution in [2.45, 2.75) is 39.3 Å². The summed E-state index contributed by atoms with van der Waals surface area (Å²) in [5.41, 5.74) is 2.98. The molecule has 3 N–H and O–H groups in total. The van der Waals surface area contributed by atoms with Gasteiger partial charge in [-0.2, -0.15) is 5.10 Å². The molecule has 0 aliphatic heterocycles. The number of ether oxygens (including phenoxy) is 1. The van der Waals surface area contributed by atoms with Gasteiger partial charge in [-0.1, -0.05) is 0 Å². The number of aromatic amines is 1. The lowest BCUT2D eigenvalue weighted by Gasteiger charge is -2.22. The van der Waals surface area contributed by atoms with Gasteiger partial charge in [-0.3, -0.25) is 5.10 Å². The third-order valence-corrected chi connectivity index (χ3v) is 4.76. The fraction of sp³-hybridized carbons (Fsp3) is 0.444. The molecule has 0 bridgehead atoms. The largest absolute Gasteiger partial charge is 0.383 e. The van der Waals surface area contributed by atoms with Crippen LogP contribution >= 0.6 is 11.3 Å². The fourth-order valence-corrected chi connectivity index (χ4v) is 3.71. The molecule has 1 atom stereocenters. The van der Waals surface area contributed by atoms with Crippen LogP contribution in [-0.4, -0.2) is 40.5 Å². The third kappa shape index (κ3) is 4.29. The maximum atomic E-state index is 5.26. The van der Waals surface area contributed by atoms with Crippen LogP contribution in [0.25, 0.3) is 20.8 Å². The van der Waals surface area contributed by atoms with E-state index < -0.39 is 0 Å². The Hall–Kier alpha value is -2.12. The highest BCUT2D eigenvalue weighted by atomic mass is 32.1. The van der Waals surface area contributed by atoms with Crippen LogP contribution in [0.15, 0.2) is 24.4 Å². The monoisotopic (exact) mass is 359 g/mol. The number of methoxy groups -OCH3 is 1. The van der Waals surface area contributed by atoms with Crippen LogP contribution in [0.5, 0.6) is 0 Å². The molecule has 25 heavy (non-hydrogen) atoms. The van der Waals surface area contributed by atoms with Gasteiger partial charge in [0.2, 0.25) is 0 Å². The summed E-state index contributed by atoms with van der Waals surface area (Å²) < 4.78 is 6.39. The minimum Gasteiger partial charge on any atom is -0.383 e. The van der Waals surface area contributed by atoms with Crippen LogP contribution in [0.2, 0.25) is 0 Å². The number of fused-ring (bicyclic) bond motifs is 1. The molecular weight excluding hydrogens is 334 g/mol. The zero-order valence-electron chi connectivity index (χ0n) is 15.3. The first kappa shape index (κ1) is 17.7. The number of hydrogen-bond donors (Lipinski definition) is 3. The van der Waals surface area contributed by atoms with E-state index in [0.717, 1.165) is 32.3 Å². The Balaban J connectivity index is 2.05. The smallest absolute Gasteiger partial charge is 0.129 e. The van der Waals surface area contributed by atoms with Gasteiger partial charge in [-0.25, -0.2) is 4.98 Å². The molecule has 0 spiro atoms. The van der Waals surface area contributed by atoms with Gasteiger partial charge < -0.3 is 15.4 Å². The van der Waals surface area contributed by atoms with Crippen molar-refractivity contribution in [2.75, 3.05) is 24.4 Å². The molecule has 0 radical (unpaired) electrons. The summed E-state index contributed by atoms with van der Waals surface area (Å²) in [4.78, 5) is 5.92. The second-order valence-electron chi connectivity index (χ2n) is 7.23. The molecule has 0 saturated carbocycles. The van der Waals surface area contributed by atoms with Gasteiger partial charge in [-0.15, -0.1) is 11.3 Å². The van der Waals surface area contributed by atoms with Crippen LogP contribution < -0.4 is 10.6 Å². The number of thiophene rings is 1. The Bertz CT molecular complexity index is 835. The summed E-state index contributed by atoms with van der Waals surface area (Å²) in [5.74, 6) is 0.862. The van der Waals surface area contributed by atoms with Crippen LogP contribution in [-0.2, 0) is 4.74 Å². The van der Waals surface area contributed by atoms with Gasteiger partial charge in [0.15, 0.2) is 0 Å². The number of rotatable bonds is 6. The molecule has 0 aromatic carbocycles. The Morgan fingerprint density at radius 3 is 2.76 bits per heavy atom. The van der Waals surface area contributed by atoms with E-state index in [4.69, 9.17) is 9.72 Å². The van der Waals surface area contributed by atoms with Crippen LogP contribution in [0, 0.1) is 0 Å². The SMILES string of the molecule is COC[C@@H](C)Nc1cc(NC(C)(C)C)nc2cc(-c3ccn[nH]3)sc12. The van der Waals surface area contributed by atoms with E-state index >= 15 is 0 Å². The Morgan fingerprint density at radius 2 is 2.12 bits per heavy atom. The topological polar surface area (TPSA) is 74.9 Å². The first-order valence-corrected chi connectivity index (χ1v) is 9.15. The fourth-order valence-electron chi connectivity index (χ4n) is 2.66. The highest BCUT2D eigenvalue weighted by Gasteiger charge is 2.16. The van der Waals surface area contributed by atoms with Crippen LogP contribution in [0.1, 0.15) is 27.7 Å². The van der Waals surface area contributed by atoms with Gasteiger partial charge >= 0.3 is 0 Å². The summed E-state index contributed by atoms with van der Waals surface area (Å²) in [6.07, 6.45) is 1.76. The van der Waals surface area contributed by atoms with E-state index in [2.05, 4.69) is 60.7 Å². The number of pyridine rings is 1. The molecule has 0 unspecified atom stereocenters. The van der Waals surface area contributed by atoms with Gasteiger partial charge in [0, 0.05) is 31.0 Å². The first-order chi connectivity index (χ1) is 11.9. The zero-order chi connectivity index (χ0) is 18.0. The number of H-pyrrole nitrogens is 1. The lowest BCUT2D eigenvalue weighted by molar-refractivity contribution is 0.190. The second kappa shape index (κ2) is 7.01. The standard InChI is InChI=1S/C18H25N5OS/c1-11(10-24-5)20-14-9-16(22-18(2,3)4)21-13-8-15(25-17(13)14)12-6-7-19-23-12/h6-9,11H,10H2,1-5H3,(H,19,23)(H2,20,21,22)/t11-/m1/s1. The lowest BCUT2D eigenvalue weighted by Crippen LogP contribution is -2.27. The number of aromatic nitrogens is 3. The average molecular weight is 359 g/mol. The van der Waals surface area contributed by atoms with Crippen molar-refractivity contribution in [1.82, 2.24) is 15.2 Å². The minimum atomic E-state index is -0.0572. The van der Waals surface area contributed by atoms with E-state index in [-0.39, 0.29) is 11.6 Å². The van der Waals surface area contributed by atoms with Gasteiger partial charge in [-0.05, 0) is 39.8 Å². The summed E-state index contributed by atoms with van der Waals surface area (Å²) in [6, 6.07) is 6.36. The van der Waals surface area contributed by atoms with Gasteiger partial charge in [0.05, 0.1) is 33.1 Å². The van der Waals surface area contributed by atoms with E-state index in [0.29, 0.717) is 6.61 Å². The summed E-state index contributed by atoms with van der Waals surface area (Å²) >= 11 is 1.70. The van der Waals surface area contributed by atoms with E-state index in [1.165, 1.54) is 0 Å². The van der Waals surface area contributed by atoms with Crippen molar-refractivity contribution in [2.24, 2.45) is 0 Å². The third-order valence-electron chi connectivity index (χ3n) is 3.57. The maximum Gasteiger partial charge on any atom is 0.129 e. The average Bonchev–Trinajstić information content (AvgIpc) is 3.14. The highest BCUT2D eigenvalue weighted by molar-refractivity contribution is 7.22. The molecule has 0 amide bonds. The molecule has 0 saturated heterocycles.